The number of hydrogen-bond acceptors (Lipinski definition) is 4. The molecule has 3 N–H and O–H groups in total. The standard InChI is InChI=1S/C26H24N2O5/c29-23(30)14-15-27-25(31)24(17-8-2-1-3-9-17)28-26(32)33-16-22-20-12-6-4-10-18(20)19-11-5-7-13-21(19)22/h1-13,22,24H,14-16H2,(H,27,31)(H,28,32)(H,29,30)/t24-/m0/s1. The lowest BCUT2D eigenvalue weighted by atomic mass is 9.98. The Balaban J connectivity index is 1.45. The van der Waals surface area contributed by atoms with E-state index in [1.54, 1.807) is 30.3 Å². The molecule has 2 amide bonds. The molecule has 1 atom stereocenters. The van der Waals surface area contributed by atoms with Gasteiger partial charge in [0.1, 0.15) is 12.6 Å². The first kappa shape index (κ1) is 22.1. The number of nitrogens with one attached hydrogen (secondary N) is 2. The zero-order chi connectivity index (χ0) is 23.2. The number of hydrogen-bond donors (Lipinski definition) is 3. The van der Waals surface area contributed by atoms with Crippen molar-refractivity contribution in [2.45, 2.75) is 18.4 Å². The van der Waals surface area contributed by atoms with Crippen molar-refractivity contribution in [1.82, 2.24) is 10.6 Å². The number of rotatable bonds is 8. The van der Waals surface area contributed by atoms with E-state index in [4.69, 9.17) is 9.84 Å². The van der Waals surface area contributed by atoms with Crippen LogP contribution in [0.4, 0.5) is 4.79 Å². The third-order valence-corrected chi connectivity index (χ3v) is 5.64. The molecule has 0 saturated carbocycles. The molecule has 33 heavy (non-hydrogen) atoms. The monoisotopic (exact) mass is 444 g/mol. The number of carboxylic acids is 1. The summed E-state index contributed by atoms with van der Waals surface area (Å²) >= 11 is 0. The minimum atomic E-state index is -1.02. The molecule has 1 aliphatic rings. The molecule has 4 rings (SSSR count). The molecule has 7 nitrogen and oxygen atoms in total. The van der Waals surface area contributed by atoms with Gasteiger partial charge in [0.2, 0.25) is 5.91 Å². The Labute approximate surface area is 191 Å². The highest BCUT2D eigenvalue weighted by Gasteiger charge is 2.30. The van der Waals surface area contributed by atoms with Crippen LogP contribution in [0, 0.1) is 0 Å². The first-order valence-corrected chi connectivity index (χ1v) is 10.7. The number of ether oxygens (including phenoxy) is 1. The quantitative estimate of drug-likeness (QED) is 0.489. The van der Waals surface area contributed by atoms with Crippen LogP contribution in [-0.2, 0) is 14.3 Å². The fourth-order valence-electron chi connectivity index (χ4n) is 4.10. The van der Waals surface area contributed by atoms with E-state index < -0.39 is 24.0 Å². The summed E-state index contributed by atoms with van der Waals surface area (Å²) in [6, 6.07) is 23.8. The number of aliphatic carboxylic acids is 1. The molecule has 7 heteroatoms. The Hall–Kier alpha value is -4.13. The van der Waals surface area contributed by atoms with Crippen molar-refractivity contribution in [1.29, 1.82) is 0 Å². The minimum absolute atomic E-state index is 0.0378. The number of alkyl carbamates (subject to hydrolysis) is 1. The van der Waals surface area contributed by atoms with Gasteiger partial charge in [0.15, 0.2) is 0 Å². The predicted octanol–water partition coefficient (Wildman–Crippen LogP) is 3.86. The van der Waals surface area contributed by atoms with Gasteiger partial charge >= 0.3 is 12.1 Å². The largest absolute Gasteiger partial charge is 0.481 e. The number of carbonyl (C=O) groups is 3. The van der Waals surface area contributed by atoms with E-state index in [0.29, 0.717) is 5.56 Å². The summed E-state index contributed by atoms with van der Waals surface area (Å²) in [5, 5.41) is 14.0. The Morgan fingerprint density at radius 1 is 0.848 bits per heavy atom. The zero-order valence-corrected chi connectivity index (χ0v) is 17.9. The minimum Gasteiger partial charge on any atom is -0.481 e. The number of amides is 2. The molecular weight excluding hydrogens is 420 g/mol. The van der Waals surface area contributed by atoms with E-state index in [-0.39, 0.29) is 25.5 Å². The van der Waals surface area contributed by atoms with Crippen LogP contribution in [0.1, 0.15) is 35.1 Å². The van der Waals surface area contributed by atoms with Gasteiger partial charge in [0.25, 0.3) is 0 Å². The van der Waals surface area contributed by atoms with Gasteiger partial charge in [0.05, 0.1) is 6.42 Å². The van der Waals surface area contributed by atoms with Gasteiger partial charge in [-0.1, -0.05) is 78.9 Å². The molecule has 0 heterocycles. The molecule has 0 radical (unpaired) electrons. The first-order chi connectivity index (χ1) is 16.0. The van der Waals surface area contributed by atoms with Gasteiger partial charge in [-0.05, 0) is 27.8 Å². The second kappa shape index (κ2) is 9.99. The van der Waals surface area contributed by atoms with E-state index in [1.165, 1.54) is 0 Å². The van der Waals surface area contributed by atoms with Crippen molar-refractivity contribution >= 4 is 18.0 Å². The fraction of sp³-hybridized carbons (Fsp3) is 0.192. The molecule has 0 fully saturated rings. The van der Waals surface area contributed by atoms with E-state index >= 15 is 0 Å². The molecule has 3 aromatic rings. The van der Waals surface area contributed by atoms with Crippen molar-refractivity contribution in [3.8, 4) is 11.1 Å². The summed E-state index contributed by atoms with van der Waals surface area (Å²) < 4.78 is 5.56. The van der Waals surface area contributed by atoms with Gasteiger partial charge < -0.3 is 20.5 Å². The van der Waals surface area contributed by atoms with Crippen LogP contribution in [-0.4, -0.2) is 36.2 Å². The van der Waals surface area contributed by atoms with E-state index in [1.807, 2.05) is 36.4 Å². The SMILES string of the molecule is O=C(O)CCNC(=O)[C@@H](NC(=O)OCC1c2ccccc2-c2ccccc21)c1ccccc1. The fourth-order valence-corrected chi connectivity index (χ4v) is 4.10. The number of carbonyl (C=O) groups excluding carboxylic acids is 2. The molecule has 3 aromatic carbocycles. The summed E-state index contributed by atoms with van der Waals surface area (Å²) in [4.78, 5) is 36.1. The number of fused-ring (bicyclic) bond motifs is 3. The normalized spacial score (nSPS) is 12.8. The Bertz CT molecular complexity index is 1120. The van der Waals surface area contributed by atoms with Crippen molar-refractivity contribution in [3.63, 3.8) is 0 Å². The second-order valence-electron chi connectivity index (χ2n) is 7.75. The van der Waals surface area contributed by atoms with Crippen LogP contribution < -0.4 is 10.6 Å². The molecule has 0 saturated heterocycles. The van der Waals surface area contributed by atoms with Crippen molar-refractivity contribution in [2.24, 2.45) is 0 Å². The lowest BCUT2D eigenvalue weighted by Gasteiger charge is -2.20. The molecule has 0 spiro atoms. The van der Waals surface area contributed by atoms with Crippen LogP contribution in [0.15, 0.2) is 78.9 Å². The van der Waals surface area contributed by atoms with Crippen LogP contribution in [0.2, 0.25) is 0 Å². The lowest BCUT2D eigenvalue weighted by molar-refractivity contribution is -0.137. The summed E-state index contributed by atoms with van der Waals surface area (Å²) in [6.45, 7) is 0.0892. The van der Waals surface area contributed by atoms with Gasteiger partial charge in [-0.2, -0.15) is 0 Å². The van der Waals surface area contributed by atoms with Crippen molar-refractivity contribution < 1.29 is 24.2 Å². The number of carboxylic acid groups (broad SMARTS) is 1. The Kier molecular flexibility index (Phi) is 6.69. The number of benzene rings is 3. The smallest absolute Gasteiger partial charge is 0.408 e. The predicted molar refractivity (Wildman–Crippen MR) is 123 cm³/mol. The van der Waals surface area contributed by atoms with Crippen molar-refractivity contribution in [2.75, 3.05) is 13.2 Å². The summed E-state index contributed by atoms with van der Waals surface area (Å²) in [6.07, 6.45) is -0.933. The Morgan fingerprint density at radius 3 is 2.03 bits per heavy atom. The van der Waals surface area contributed by atoms with Crippen LogP contribution in [0.25, 0.3) is 11.1 Å². The van der Waals surface area contributed by atoms with E-state index in [0.717, 1.165) is 22.3 Å². The summed E-state index contributed by atoms with van der Waals surface area (Å²) in [5.74, 6) is -1.62. The van der Waals surface area contributed by atoms with Gasteiger partial charge in [-0.25, -0.2) is 4.79 Å². The van der Waals surface area contributed by atoms with Gasteiger partial charge in [-0.3, -0.25) is 9.59 Å². The first-order valence-electron chi connectivity index (χ1n) is 10.7. The maximum atomic E-state index is 12.7. The highest BCUT2D eigenvalue weighted by Crippen LogP contribution is 2.44. The molecule has 1 aliphatic carbocycles. The van der Waals surface area contributed by atoms with Gasteiger partial charge in [-0.15, -0.1) is 0 Å². The highest BCUT2D eigenvalue weighted by molar-refractivity contribution is 5.87. The van der Waals surface area contributed by atoms with Crippen LogP contribution in [0.3, 0.4) is 0 Å². The van der Waals surface area contributed by atoms with Gasteiger partial charge in [0, 0.05) is 12.5 Å². The molecule has 0 aromatic heterocycles. The third kappa shape index (κ3) is 5.03. The second-order valence-corrected chi connectivity index (χ2v) is 7.75. The maximum absolute atomic E-state index is 12.7. The van der Waals surface area contributed by atoms with Crippen LogP contribution >= 0.6 is 0 Å². The topological polar surface area (TPSA) is 105 Å². The lowest BCUT2D eigenvalue weighted by Crippen LogP contribution is -2.41. The molecule has 0 unspecified atom stereocenters. The molecular formula is C26H24N2O5. The highest BCUT2D eigenvalue weighted by atomic mass is 16.5. The average molecular weight is 444 g/mol. The zero-order valence-electron chi connectivity index (χ0n) is 17.9. The van der Waals surface area contributed by atoms with E-state index in [2.05, 4.69) is 22.8 Å². The molecule has 0 aliphatic heterocycles. The van der Waals surface area contributed by atoms with Crippen LogP contribution in [0.5, 0.6) is 0 Å². The average Bonchev–Trinajstić information content (AvgIpc) is 3.15. The van der Waals surface area contributed by atoms with E-state index in [9.17, 15) is 14.4 Å². The molecule has 168 valence electrons. The maximum Gasteiger partial charge on any atom is 0.408 e. The Morgan fingerprint density at radius 2 is 1.42 bits per heavy atom. The summed E-state index contributed by atoms with van der Waals surface area (Å²) in [5.41, 5.74) is 5.01. The van der Waals surface area contributed by atoms with Crippen molar-refractivity contribution in [3.05, 3.63) is 95.6 Å². The summed E-state index contributed by atoms with van der Waals surface area (Å²) in [7, 11) is 0. The third-order valence-electron chi connectivity index (χ3n) is 5.64. The molecule has 0 bridgehead atoms.